The first-order valence-corrected chi connectivity index (χ1v) is 10.2. The summed E-state index contributed by atoms with van der Waals surface area (Å²) >= 11 is 0. The van der Waals surface area contributed by atoms with Crippen LogP contribution in [0, 0.1) is 11.6 Å². The summed E-state index contributed by atoms with van der Waals surface area (Å²) in [5, 5.41) is 20.9. The number of anilines is 2. The SMILES string of the molecule is COc1c(F)cccc1-c1cc2c(nn1)NCC1CC(Oc3ncc(CO)cc3F)CN21. The van der Waals surface area contributed by atoms with Crippen molar-refractivity contribution in [2.75, 3.05) is 30.4 Å². The summed E-state index contributed by atoms with van der Waals surface area (Å²) in [6.45, 7) is 0.864. The Bertz CT molecular complexity index is 1160. The van der Waals surface area contributed by atoms with Gasteiger partial charge in [-0.15, -0.1) is 10.2 Å². The van der Waals surface area contributed by atoms with Gasteiger partial charge in [0.05, 0.1) is 37.7 Å². The highest BCUT2D eigenvalue weighted by Gasteiger charge is 2.38. The van der Waals surface area contributed by atoms with Crippen LogP contribution >= 0.6 is 0 Å². The van der Waals surface area contributed by atoms with Crippen molar-refractivity contribution in [2.45, 2.75) is 25.2 Å². The Balaban J connectivity index is 1.41. The van der Waals surface area contributed by atoms with Crippen LogP contribution in [0.4, 0.5) is 20.3 Å². The van der Waals surface area contributed by atoms with E-state index in [0.29, 0.717) is 42.1 Å². The largest absolute Gasteiger partial charge is 0.493 e. The lowest BCUT2D eigenvalue weighted by Crippen LogP contribution is -2.40. The maximum absolute atomic E-state index is 14.3. The molecule has 2 aromatic heterocycles. The highest BCUT2D eigenvalue weighted by molar-refractivity contribution is 5.77. The third kappa shape index (κ3) is 3.56. The number of para-hydroxylation sites is 1. The predicted octanol–water partition coefficient (Wildman–Crippen LogP) is 2.77. The molecular formula is C22H21F2N5O3. The average molecular weight is 441 g/mol. The summed E-state index contributed by atoms with van der Waals surface area (Å²) in [5.74, 6) is -0.434. The Hall–Kier alpha value is -3.53. The molecule has 0 radical (unpaired) electrons. The summed E-state index contributed by atoms with van der Waals surface area (Å²) in [7, 11) is 1.41. The van der Waals surface area contributed by atoms with E-state index in [1.54, 1.807) is 12.1 Å². The maximum atomic E-state index is 14.3. The number of rotatable bonds is 5. The van der Waals surface area contributed by atoms with Crippen molar-refractivity contribution < 1.29 is 23.4 Å². The molecule has 0 amide bonds. The van der Waals surface area contributed by atoms with Gasteiger partial charge in [0, 0.05) is 24.7 Å². The van der Waals surface area contributed by atoms with Crippen molar-refractivity contribution in [2.24, 2.45) is 0 Å². The molecule has 166 valence electrons. The van der Waals surface area contributed by atoms with Gasteiger partial charge in [-0.3, -0.25) is 0 Å². The number of aromatic nitrogens is 3. The van der Waals surface area contributed by atoms with E-state index in [-0.39, 0.29) is 30.4 Å². The zero-order valence-electron chi connectivity index (χ0n) is 17.3. The fourth-order valence-corrected chi connectivity index (χ4v) is 4.23. The molecule has 1 aromatic carbocycles. The Kier molecular flexibility index (Phi) is 5.22. The van der Waals surface area contributed by atoms with E-state index in [1.807, 2.05) is 6.07 Å². The fourth-order valence-electron chi connectivity index (χ4n) is 4.23. The Labute approximate surface area is 182 Å². The molecule has 2 aliphatic rings. The van der Waals surface area contributed by atoms with Gasteiger partial charge >= 0.3 is 0 Å². The number of aliphatic hydroxyl groups is 1. The summed E-state index contributed by atoms with van der Waals surface area (Å²) in [4.78, 5) is 6.13. The number of methoxy groups -OCH3 is 1. The van der Waals surface area contributed by atoms with E-state index in [1.165, 1.54) is 25.4 Å². The van der Waals surface area contributed by atoms with Gasteiger partial charge in [-0.1, -0.05) is 6.07 Å². The van der Waals surface area contributed by atoms with Crippen molar-refractivity contribution in [1.82, 2.24) is 15.2 Å². The quantitative estimate of drug-likeness (QED) is 0.625. The van der Waals surface area contributed by atoms with Crippen LogP contribution in [0.2, 0.25) is 0 Å². The van der Waals surface area contributed by atoms with Crippen molar-refractivity contribution >= 4 is 11.5 Å². The minimum atomic E-state index is -0.605. The third-order valence-corrected chi connectivity index (χ3v) is 5.74. The first-order chi connectivity index (χ1) is 15.6. The zero-order valence-corrected chi connectivity index (χ0v) is 17.3. The number of aliphatic hydroxyl groups excluding tert-OH is 1. The first kappa shape index (κ1) is 20.4. The van der Waals surface area contributed by atoms with Crippen molar-refractivity contribution in [3.8, 4) is 22.9 Å². The van der Waals surface area contributed by atoms with Crippen molar-refractivity contribution in [1.29, 1.82) is 0 Å². The monoisotopic (exact) mass is 441 g/mol. The van der Waals surface area contributed by atoms with Crippen molar-refractivity contribution in [3.05, 3.63) is 53.7 Å². The Morgan fingerprint density at radius 3 is 2.88 bits per heavy atom. The lowest BCUT2D eigenvalue weighted by Gasteiger charge is -2.33. The van der Waals surface area contributed by atoms with Gasteiger partial charge in [0.2, 0.25) is 0 Å². The first-order valence-electron chi connectivity index (χ1n) is 10.2. The van der Waals surface area contributed by atoms with E-state index in [2.05, 4.69) is 25.4 Å². The predicted molar refractivity (Wildman–Crippen MR) is 113 cm³/mol. The Morgan fingerprint density at radius 2 is 2.09 bits per heavy atom. The van der Waals surface area contributed by atoms with Crippen molar-refractivity contribution in [3.63, 3.8) is 0 Å². The molecule has 32 heavy (non-hydrogen) atoms. The number of ether oxygens (including phenoxy) is 2. The van der Waals surface area contributed by atoms with E-state index in [4.69, 9.17) is 14.6 Å². The van der Waals surface area contributed by atoms with Crippen LogP contribution in [0.3, 0.4) is 0 Å². The standard InChI is InChI=1S/C22H21F2N5O3/c1-31-20-15(3-2-4-16(20)23)18-7-19-21(28-27-18)25-9-13-6-14(10-29(13)19)32-22-17(24)5-12(11-30)8-26-22/h2-5,7-8,13-14,30H,6,9-11H2,1H3,(H,25,28). The van der Waals surface area contributed by atoms with Crippen LogP contribution in [-0.2, 0) is 6.61 Å². The van der Waals surface area contributed by atoms with E-state index < -0.39 is 11.6 Å². The topological polar surface area (TPSA) is 92.6 Å². The fraction of sp³-hybridized carbons (Fsp3) is 0.318. The molecule has 0 aliphatic carbocycles. The second-order valence-electron chi connectivity index (χ2n) is 7.74. The van der Waals surface area contributed by atoms with Crippen LogP contribution in [0.1, 0.15) is 12.0 Å². The number of hydrogen-bond donors (Lipinski definition) is 2. The minimum Gasteiger partial charge on any atom is -0.493 e. The molecule has 2 N–H and O–H groups in total. The van der Waals surface area contributed by atoms with E-state index in [9.17, 15) is 8.78 Å². The molecule has 1 saturated heterocycles. The molecule has 4 heterocycles. The van der Waals surface area contributed by atoms with Gasteiger partial charge in [0.1, 0.15) is 6.10 Å². The van der Waals surface area contributed by atoms with Crippen LogP contribution in [0.15, 0.2) is 36.5 Å². The number of hydrogen-bond acceptors (Lipinski definition) is 8. The smallest absolute Gasteiger partial charge is 0.250 e. The van der Waals surface area contributed by atoms with Gasteiger partial charge in [-0.05, 0) is 29.8 Å². The number of pyridine rings is 1. The number of benzene rings is 1. The summed E-state index contributed by atoms with van der Waals surface area (Å²) in [6.07, 6.45) is 1.78. The highest BCUT2D eigenvalue weighted by Crippen LogP contribution is 2.39. The molecule has 2 aliphatic heterocycles. The number of nitrogens with one attached hydrogen (secondary N) is 1. The molecule has 8 nitrogen and oxygen atoms in total. The second-order valence-corrected chi connectivity index (χ2v) is 7.74. The molecule has 1 fully saturated rings. The summed E-state index contributed by atoms with van der Waals surface area (Å²) in [6, 6.07) is 7.82. The second kappa shape index (κ2) is 8.19. The molecule has 0 bridgehead atoms. The van der Waals surface area contributed by atoms with Crippen LogP contribution in [0.5, 0.6) is 11.6 Å². The lowest BCUT2D eigenvalue weighted by atomic mass is 10.1. The zero-order chi connectivity index (χ0) is 22.2. The number of halogens is 2. The molecule has 2 atom stereocenters. The normalized spacial score (nSPS) is 19.2. The van der Waals surface area contributed by atoms with Gasteiger partial charge in [0.15, 0.2) is 23.2 Å². The molecule has 0 saturated carbocycles. The molecule has 0 spiro atoms. The van der Waals surface area contributed by atoms with Crippen LogP contribution in [0.25, 0.3) is 11.3 Å². The maximum Gasteiger partial charge on any atom is 0.250 e. The van der Waals surface area contributed by atoms with Gasteiger partial charge in [-0.2, -0.15) is 0 Å². The van der Waals surface area contributed by atoms with E-state index >= 15 is 0 Å². The Morgan fingerprint density at radius 1 is 1.22 bits per heavy atom. The number of nitrogens with zero attached hydrogens (tertiary/aromatic N) is 4. The minimum absolute atomic E-state index is 0.0849. The summed E-state index contributed by atoms with van der Waals surface area (Å²) in [5.41, 5.74) is 2.19. The molecule has 10 heteroatoms. The van der Waals surface area contributed by atoms with Crippen LogP contribution in [-0.4, -0.2) is 52.6 Å². The lowest BCUT2D eigenvalue weighted by molar-refractivity contribution is 0.201. The average Bonchev–Trinajstić information content (AvgIpc) is 3.23. The van der Waals surface area contributed by atoms with E-state index in [0.717, 1.165) is 5.69 Å². The molecule has 2 unspecified atom stereocenters. The van der Waals surface area contributed by atoms with Gasteiger partial charge < -0.3 is 24.8 Å². The van der Waals surface area contributed by atoms with Crippen LogP contribution < -0.4 is 19.7 Å². The van der Waals surface area contributed by atoms with Gasteiger partial charge in [-0.25, -0.2) is 13.8 Å². The molecular weight excluding hydrogens is 420 g/mol. The molecule has 3 aromatic rings. The molecule has 5 rings (SSSR count). The summed E-state index contributed by atoms with van der Waals surface area (Å²) < 4.78 is 39.5. The van der Waals surface area contributed by atoms with Gasteiger partial charge in [0.25, 0.3) is 5.88 Å². The highest BCUT2D eigenvalue weighted by atomic mass is 19.1. The third-order valence-electron chi connectivity index (χ3n) is 5.74. The number of fused-ring (bicyclic) bond motifs is 3.